The first kappa shape index (κ1) is 23.7. The van der Waals surface area contributed by atoms with E-state index in [1.54, 1.807) is 30.5 Å². The van der Waals surface area contributed by atoms with Crippen LogP contribution in [0.15, 0.2) is 53.7 Å². The van der Waals surface area contributed by atoms with Crippen molar-refractivity contribution in [3.63, 3.8) is 0 Å². The molecule has 0 saturated heterocycles. The molecule has 7 heteroatoms. The van der Waals surface area contributed by atoms with Crippen LogP contribution in [0.3, 0.4) is 0 Å². The van der Waals surface area contributed by atoms with Crippen molar-refractivity contribution < 1.29 is 17.0 Å². The Kier molecular flexibility index (Phi) is 7.78. The lowest BCUT2D eigenvalue weighted by Crippen LogP contribution is -2.45. The predicted molar refractivity (Wildman–Crippen MR) is 119 cm³/mol. The molecule has 160 valence electrons. The minimum atomic E-state index is -3.82. The van der Waals surface area contributed by atoms with Gasteiger partial charge in [0, 0.05) is 12.4 Å². The van der Waals surface area contributed by atoms with Gasteiger partial charge >= 0.3 is 0 Å². The first-order valence-corrected chi connectivity index (χ1v) is 14.3. The van der Waals surface area contributed by atoms with Gasteiger partial charge in [0.05, 0.1) is 17.6 Å². The largest absolute Gasteiger partial charge is 0.412 e. The van der Waals surface area contributed by atoms with Crippen molar-refractivity contribution in [3.05, 3.63) is 59.9 Å². The molecule has 0 aliphatic rings. The molecular formula is C22H33NO4SSi. The van der Waals surface area contributed by atoms with Crippen LogP contribution in [-0.4, -0.2) is 34.4 Å². The highest BCUT2D eigenvalue weighted by atomic mass is 32.2. The third-order valence-corrected chi connectivity index (χ3v) is 11.3. The zero-order chi connectivity index (χ0) is 21.7. The molecule has 1 atom stereocenters. The van der Waals surface area contributed by atoms with Crippen molar-refractivity contribution in [2.75, 3.05) is 6.61 Å². The second kappa shape index (κ2) is 9.51. The second-order valence-electron chi connectivity index (χ2n) is 8.95. The molecule has 2 rings (SSSR count). The van der Waals surface area contributed by atoms with Gasteiger partial charge in [0.1, 0.15) is 0 Å². The van der Waals surface area contributed by atoms with E-state index in [1.165, 1.54) is 0 Å². The summed E-state index contributed by atoms with van der Waals surface area (Å²) in [4.78, 5) is 4.32. The Hall–Kier alpha value is -1.54. The number of pyridine rings is 1. The molecule has 0 aliphatic carbocycles. The molecule has 5 nitrogen and oxygen atoms in total. The van der Waals surface area contributed by atoms with Crippen molar-refractivity contribution in [1.29, 1.82) is 0 Å². The highest BCUT2D eigenvalue weighted by Crippen LogP contribution is 2.37. The minimum Gasteiger partial charge on any atom is -0.412 e. The van der Waals surface area contributed by atoms with Crippen molar-refractivity contribution >= 4 is 18.4 Å². The van der Waals surface area contributed by atoms with Crippen LogP contribution in [0.1, 0.15) is 38.3 Å². The third kappa shape index (κ3) is 7.03. The minimum absolute atomic E-state index is 0.00296. The Labute approximate surface area is 176 Å². The fourth-order valence-electron chi connectivity index (χ4n) is 2.58. The summed E-state index contributed by atoms with van der Waals surface area (Å²) >= 11 is 0. The lowest BCUT2D eigenvalue weighted by Gasteiger charge is -2.39. The quantitative estimate of drug-likeness (QED) is 0.404. The molecule has 0 radical (unpaired) electrons. The molecule has 1 aromatic heterocycles. The summed E-state index contributed by atoms with van der Waals surface area (Å²) in [5, 5.41) is 0.0232. The molecule has 2 aromatic rings. The van der Waals surface area contributed by atoms with Gasteiger partial charge in [0.2, 0.25) is 0 Å². The second-order valence-corrected chi connectivity index (χ2v) is 15.3. The molecule has 29 heavy (non-hydrogen) atoms. The number of hydrogen-bond donors (Lipinski definition) is 0. The van der Waals surface area contributed by atoms with Crippen LogP contribution in [0.25, 0.3) is 0 Å². The number of aromatic nitrogens is 1. The summed E-state index contributed by atoms with van der Waals surface area (Å²) in [6.45, 7) is 12.8. The van der Waals surface area contributed by atoms with Crippen LogP contribution in [0, 0.1) is 6.92 Å². The van der Waals surface area contributed by atoms with E-state index in [0.29, 0.717) is 6.42 Å². The fraction of sp³-hybridized carbons (Fsp3) is 0.500. The Morgan fingerprint density at radius 2 is 1.76 bits per heavy atom. The van der Waals surface area contributed by atoms with Crippen LogP contribution in [-0.2, 0) is 25.1 Å². The first-order chi connectivity index (χ1) is 13.4. The van der Waals surface area contributed by atoms with Gasteiger partial charge in [0.15, 0.2) is 8.32 Å². The van der Waals surface area contributed by atoms with Crippen LogP contribution in [0.2, 0.25) is 18.1 Å². The average molecular weight is 436 g/mol. The summed E-state index contributed by atoms with van der Waals surface area (Å²) in [5.74, 6) is 0. The fourth-order valence-corrected chi connectivity index (χ4v) is 4.89. The Bertz CT molecular complexity index is 875. The van der Waals surface area contributed by atoms with Crippen molar-refractivity contribution in [1.82, 2.24) is 4.98 Å². The van der Waals surface area contributed by atoms with Crippen molar-refractivity contribution in [3.8, 4) is 0 Å². The van der Waals surface area contributed by atoms with E-state index < -0.39 is 18.4 Å². The summed E-state index contributed by atoms with van der Waals surface area (Å²) in [6, 6.07) is 10.6. The Balaban J connectivity index is 2.12. The zero-order valence-electron chi connectivity index (χ0n) is 18.3. The van der Waals surface area contributed by atoms with Gasteiger partial charge in [-0.3, -0.25) is 9.17 Å². The van der Waals surface area contributed by atoms with E-state index in [2.05, 4.69) is 38.8 Å². The standard InChI is InChI=1S/C22H33NO4SSi/c1-18-9-13-21(14-10-18)28(24,25)26-17-20(27-29(5,6)22(2,3)4)12-11-19-8-7-15-23-16-19/h7-10,13-16,20H,11-12,17H2,1-6H3/t20-/m1/s1. The maximum atomic E-state index is 12.6. The molecule has 0 N–H and O–H groups in total. The van der Waals surface area contributed by atoms with Crippen LogP contribution < -0.4 is 0 Å². The van der Waals surface area contributed by atoms with Gasteiger partial charge in [-0.15, -0.1) is 0 Å². The molecule has 1 aromatic carbocycles. The summed E-state index contributed by atoms with van der Waals surface area (Å²) in [5.41, 5.74) is 2.09. The maximum absolute atomic E-state index is 12.6. The monoisotopic (exact) mass is 435 g/mol. The molecule has 1 heterocycles. The van der Waals surface area contributed by atoms with Crippen molar-refractivity contribution in [2.24, 2.45) is 0 Å². The summed E-state index contributed by atoms with van der Waals surface area (Å²) in [7, 11) is -5.90. The summed E-state index contributed by atoms with van der Waals surface area (Å²) in [6.07, 6.45) is 4.68. The highest BCUT2D eigenvalue weighted by Gasteiger charge is 2.39. The third-order valence-electron chi connectivity index (χ3n) is 5.46. The zero-order valence-corrected chi connectivity index (χ0v) is 20.1. The molecule has 0 saturated carbocycles. The normalized spacial score (nSPS) is 14.0. The smallest absolute Gasteiger partial charge is 0.297 e. The van der Waals surface area contributed by atoms with Crippen LogP contribution in [0.4, 0.5) is 0 Å². The lowest BCUT2D eigenvalue weighted by molar-refractivity contribution is 0.111. The average Bonchev–Trinajstić information content (AvgIpc) is 2.64. The van der Waals surface area contributed by atoms with Gasteiger partial charge in [-0.2, -0.15) is 8.42 Å². The number of benzene rings is 1. The SMILES string of the molecule is Cc1ccc(S(=O)(=O)OC[C@@H](CCc2cccnc2)O[Si](C)(C)C(C)(C)C)cc1. The van der Waals surface area contributed by atoms with E-state index in [4.69, 9.17) is 8.61 Å². The molecule has 0 spiro atoms. The molecule has 0 fully saturated rings. The first-order valence-electron chi connectivity index (χ1n) is 9.93. The van der Waals surface area contributed by atoms with Crippen LogP contribution >= 0.6 is 0 Å². The topological polar surface area (TPSA) is 65.5 Å². The van der Waals surface area contributed by atoms with Crippen molar-refractivity contribution in [2.45, 2.75) is 69.7 Å². The maximum Gasteiger partial charge on any atom is 0.297 e. The van der Waals surface area contributed by atoms with Crippen LogP contribution in [0.5, 0.6) is 0 Å². The highest BCUT2D eigenvalue weighted by molar-refractivity contribution is 7.86. The molecule has 0 aliphatic heterocycles. The van der Waals surface area contributed by atoms with E-state index in [1.807, 2.05) is 25.3 Å². The van der Waals surface area contributed by atoms with Gasteiger partial charge in [0.25, 0.3) is 10.1 Å². The predicted octanol–water partition coefficient (Wildman–Crippen LogP) is 5.12. The Morgan fingerprint density at radius 3 is 2.31 bits per heavy atom. The van der Waals surface area contributed by atoms with E-state index in [-0.39, 0.29) is 22.6 Å². The number of nitrogens with zero attached hydrogens (tertiary/aromatic N) is 1. The lowest BCUT2D eigenvalue weighted by atomic mass is 10.1. The van der Waals surface area contributed by atoms with Gasteiger partial charge in [-0.1, -0.05) is 44.5 Å². The molecule has 0 bridgehead atoms. The number of aryl methyl sites for hydroxylation is 2. The number of rotatable bonds is 9. The number of hydrogen-bond acceptors (Lipinski definition) is 5. The molecular weight excluding hydrogens is 402 g/mol. The molecule has 0 unspecified atom stereocenters. The van der Waals surface area contributed by atoms with E-state index >= 15 is 0 Å². The summed E-state index contributed by atoms with van der Waals surface area (Å²) < 4.78 is 37.1. The molecule has 0 amide bonds. The van der Waals surface area contributed by atoms with Gasteiger partial charge in [-0.25, -0.2) is 0 Å². The van der Waals surface area contributed by atoms with Gasteiger partial charge in [-0.05, 0) is 61.7 Å². The van der Waals surface area contributed by atoms with E-state index in [9.17, 15) is 8.42 Å². The Morgan fingerprint density at radius 1 is 1.10 bits per heavy atom. The van der Waals surface area contributed by atoms with Gasteiger partial charge < -0.3 is 4.43 Å². The van der Waals surface area contributed by atoms with E-state index in [0.717, 1.165) is 17.5 Å².